The number of aromatic nitrogens is 1. The average molecular weight is 362 g/mol. The van der Waals surface area contributed by atoms with E-state index in [9.17, 15) is 13.2 Å². The van der Waals surface area contributed by atoms with Crippen LogP contribution in [0.15, 0.2) is 59.5 Å². The molecule has 3 aromatic rings. The molecule has 0 saturated carbocycles. The number of halogens is 1. The van der Waals surface area contributed by atoms with E-state index >= 15 is 0 Å². The molecule has 0 unspecified atom stereocenters. The standard InChI is InChI=1S/C16H12ClN3O3S/c17-15-13(8-10-4-1-2-7-14(10)20-15)16(21)19-11-5-3-6-12(9-11)24(18,22)23/h1-9H,(H,19,21)(H2,18,22,23). The molecule has 122 valence electrons. The quantitative estimate of drug-likeness (QED) is 0.700. The summed E-state index contributed by atoms with van der Waals surface area (Å²) in [7, 11) is -3.85. The Labute approximate surface area is 143 Å². The fraction of sp³-hybridized carbons (Fsp3) is 0. The third kappa shape index (κ3) is 3.38. The van der Waals surface area contributed by atoms with Crippen molar-refractivity contribution in [3.8, 4) is 0 Å². The summed E-state index contributed by atoms with van der Waals surface area (Å²) >= 11 is 6.08. The monoisotopic (exact) mass is 361 g/mol. The fourth-order valence-electron chi connectivity index (χ4n) is 2.20. The molecule has 3 N–H and O–H groups in total. The van der Waals surface area contributed by atoms with Crippen LogP contribution in [0.25, 0.3) is 10.9 Å². The first-order chi connectivity index (χ1) is 11.3. The second kappa shape index (κ2) is 6.20. The summed E-state index contributed by atoms with van der Waals surface area (Å²) in [5.74, 6) is -0.496. The van der Waals surface area contributed by atoms with Crippen molar-refractivity contribution in [3.05, 3.63) is 65.3 Å². The van der Waals surface area contributed by atoms with E-state index in [1.54, 1.807) is 18.2 Å². The molecule has 0 aliphatic heterocycles. The molecule has 1 amide bonds. The van der Waals surface area contributed by atoms with Gasteiger partial charge in [-0.1, -0.05) is 35.9 Å². The van der Waals surface area contributed by atoms with Gasteiger partial charge in [-0.2, -0.15) is 0 Å². The SMILES string of the molecule is NS(=O)(=O)c1cccc(NC(=O)c2cc3ccccc3nc2Cl)c1. The molecule has 0 spiro atoms. The van der Waals surface area contributed by atoms with Crippen LogP contribution in [0.5, 0.6) is 0 Å². The summed E-state index contributed by atoms with van der Waals surface area (Å²) in [4.78, 5) is 16.5. The molecule has 1 heterocycles. The Morgan fingerprint density at radius 2 is 1.83 bits per heavy atom. The molecule has 2 aromatic carbocycles. The van der Waals surface area contributed by atoms with Gasteiger partial charge in [0.1, 0.15) is 5.15 Å². The highest BCUT2D eigenvalue weighted by molar-refractivity contribution is 7.89. The van der Waals surface area contributed by atoms with Crippen LogP contribution in [0.1, 0.15) is 10.4 Å². The molecule has 0 radical (unpaired) electrons. The number of carbonyl (C=O) groups is 1. The van der Waals surface area contributed by atoms with E-state index in [2.05, 4.69) is 10.3 Å². The lowest BCUT2D eigenvalue weighted by Crippen LogP contribution is -2.15. The molecule has 6 nitrogen and oxygen atoms in total. The highest BCUT2D eigenvalue weighted by Gasteiger charge is 2.15. The number of fused-ring (bicyclic) bond motifs is 1. The smallest absolute Gasteiger partial charge is 0.258 e. The molecule has 0 saturated heterocycles. The van der Waals surface area contributed by atoms with E-state index in [0.29, 0.717) is 5.52 Å². The summed E-state index contributed by atoms with van der Waals surface area (Å²) in [5, 5.41) is 8.51. The van der Waals surface area contributed by atoms with Gasteiger partial charge in [-0.3, -0.25) is 4.79 Å². The highest BCUT2D eigenvalue weighted by Crippen LogP contribution is 2.22. The zero-order valence-electron chi connectivity index (χ0n) is 12.2. The lowest BCUT2D eigenvalue weighted by molar-refractivity contribution is 0.102. The van der Waals surface area contributed by atoms with Crippen LogP contribution in [-0.4, -0.2) is 19.3 Å². The number of rotatable bonds is 3. The van der Waals surface area contributed by atoms with E-state index in [4.69, 9.17) is 16.7 Å². The third-order valence-electron chi connectivity index (χ3n) is 3.34. The predicted octanol–water partition coefficient (Wildman–Crippen LogP) is 2.79. The lowest BCUT2D eigenvalue weighted by atomic mass is 10.1. The Hall–Kier alpha value is -2.48. The van der Waals surface area contributed by atoms with Crippen molar-refractivity contribution in [1.82, 2.24) is 4.98 Å². The van der Waals surface area contributed by atoms with Gasteiger partial charge in [-0.05, 0) is 30.3 Å². The number of anilines is 1. The van der Waals surface area contributed by atoms with E-state index in [1.165, 1.54) is 18.2 Å². The molecule has 0 atom stereocenters. The van der Waals surface area contributed by atoms with E-state index in [-0.39, 0.29) is 21.3 Å². The van der Waals surface area contributed by atoms with Crippen molar-refractivity contribution < 1.29 is 13.2 Å². The predicted molar refractivity (Wildman–Crippen MR) is 92.5 cm³/mol. The van der Waals surface area contributed by atoms with Crippen LogP contribution < -0.4 is 10.5 Å². The van der Waals surface area contributed by atoms with Crippen molar-refractivity contribution in [2.45, 2.75) is 4.90 Å². The molecule has 0 aliphatic carbocycles. The molecule has 3 rings (SSSR count). The average Bonchev–Trinajstić information content (AvgIpc) is 2.53. The number of nitrogens with zero attached hydrogens (tertiary/aromatic N) is 1. The van der Waals surface area contributed by atoms with Gasteiger partial charge in [0.05, 0.1) is 16.0 Å². The summed E-state index contributed by atoms with van der Waals surface area (Å²) in [5.41, 5.74) is 1.15. The van der Waals surface area contributed by atoms with Gasteiger partial charge in [0.2, 0.25) is 10.0 Å². The maximum absolute atomic E-state index is 12.4. The fourth-order valence-corrected chi connectivity index (χ4v) is 2.99. The third-order valence-corrected chi connectivity index (χ3v) is 4.54. The number of hydrogen-bond donors (Lipinski definition) is 2. The van der Waals surface area contributed by atoms with Crippen LogP contribution >= 0.6 is 11.6 Å². The Morgan fingerprint density at radius 1 is 1.08 bits per heavy atom. The summed E-state index contributed by atoms with van der Waals surface area (Å²) in [6, 6.07) is 14.5. The number of primary sulfonamides is 1. The molecule has 24 heavy (non-hydrogen) atoms. The Kier molecular flexibility index (Phi) is 4.23. The molecule has 1 aromatic heterocycles. The number of benzene rings is 2. The van der Waals surface area contributed by atoms with Crippen molar-refractivity contribution in [2.24, 2.45) is 5.14 Å². The minimum Gasteiger partial charge on any atom is -0.322 e. The lowest BCUT2D eigenvalue weighted by Gasteiger charge is -2.09. The van der Waals surface area contributed by atoms with Gasteiger partial charge < -0.3 is 5.32 Å². The second-order valence-corrected chi connectivity index (χ2v) is 6.97. The summed E-state index contributed by atoms with van der Waals surface area (Å²) in [6.45, 7) is 0. The number of pyridine rings is 1. The zero-order chi connectivity index (χ0) is 17.3. The molecule has 8 heteroatoms. The van der Waals surface area contributed by atoms with Crippen LogP contribution in [0, 0.1) is 0 Å². The first-order valence-electron chi connectivity index (χ1n) is 6.84. The normalized spacial score (nSPS) is 11.4. The van der Waals surface area contributed by atoms with Gasteiger partial charge in [0, 0.05) is 11.1 Å². The minimum atomic E-state index is -3.85. The van der Waals surface area contributed by atoms with Gasteiger partial charge in [-0.15, -0.1) is 0 Å². The van der Waals surface area contributed by atoms with Gasteiger partial charge in [0.15, 0.2) is 0 Å². The summed E-state index contributed by atoms with van der Waals surface area (Å²) in [6.07, 6.45) is 0. The van der Waals surface area contributed by atoms with Crippen molar-refractivity contribution in [3.63, 3.8) is 0 Å². The van der Waals surface area contributed by atoms with E-state index in [0.717, 1.165) is 5.39 Å². The number of sulfonamides is 1. The van der Waals surface area contributed by atoms with Crippen LogP contribution in [0.4, 0.5) is 5.69 Å². The summed E-state index contributed by atoms with van der Waals surface area (Å²) < 4.78 is 22.8. The number of para-hydroxylation sites is 1. The Morgan fingerprint density at radius 3 is 2.58 bits per heavy atom. The first kappa shape index (κ1) is 16.4. The topological polar surface area (TPSA) is 102 Å². The zero-order valence-corrected chi connectivity index (χ0v) is 13.8. The van der Waals surface area contributed by atoms with Crippen molar-refractivity contribution in [1.29, 1.82) is 0 Å². The number of hydrogen-bond acceptors (Lipinski definition) is 4. The number of nitrogens with two attached hydrogens (primary N) is 1. The number of nitrogens with one attached hydrogen (secondary N) is 1. The van der Waals surface area contributed by atoms with Gasteiger partial charge >= 0.3 is 0 Å². The van der Waals surface area contributed by atoms with Crippen LogP contribution in [-0.2, 0) is 10.0 Å². The molecular weight excluding hydrogens is 350 g/mol. The van der Waals surface area contributed by atoms with Crippen molar-refractivity contribution >= 4 is 44.1 Å². The Bertz CT molecular complexity index is 1050. The number of amides is 1. The second-order valence-electron chi connectivity index (χ2n) is 5.05. The molecule has 0 bridgehead atoms. The van der Waals surface area contributed by atoms with E-state index in [1.807, 2.05) is 18.2 Å². The maximum Gasteiger partial charge on any atom is 0.258 e. The maximum atomic E-state index is 12.4. The molecule has 0 fully saturated rings. The van der Waals surface area contributed by atoms with Crippen LogP contribution in [0.3, 0.4) is 0 Å². The van der Waals surface area contributed by atoms with Gasteiger partial charge in [0.25, 0.3) is 5.91 Å². The molecule has 0 aliphatic rings. The minimum absolute atomic E-state index is 0.0637. The number of carbonyl (C=O) groups excluding carboxylic acids is 1. The first-order valence-corrected chi connectivity index (χ1v) is 8.76. The largest absolute Gasteiger partial charge is 0.322 e. The highest BCUT2D eigenvalue weighted by atomic mass is 35.5. The molecular formula is C16H12ClN3O3S. The van der Waals surface area contributed by atoms with Crippen molar-refractivity contribution in [2.75, 3.05) is 5.32 Å². The van der Waals surface area contributed by atoms with Crippen LogP contribution in [0.2, 0.25) is 5.15 Å². The Balaban J connectivity index is 1.94. The van der Waals surface area contributed by atoms with E-state index < -0.39 is 15.9 Å². The van der Waals surface area contributed by atoms with Gasteiger partial charge in [-0.25, -0.2) is 18.5 Å².